The fourth-order valence-corrected chi connectivity index (χ4v) is 3.17. The molecule has 3 atom stereocenters. The van der Waals surface area contributed by atoms with Gasteiger partial charge in [-0.1, -0.05) is 18.2 Å². The second-order valence-corrected chi connectivity index (χ2v) is 6.49. The second-order valence-electron chi connectivity index (χ2n) is 6.49. The van der Waals surface area contributed by atoms with Gasteiger partial charge in [-0.15, -0.1) is 0 Å². The minimum atomic E-state index is -0.905. The summed E-state index contributed by atoms with van der Waals surface area (Å²) in [5.41, 5.74) is -0.108. The molecule has 0 aliphatic carbocycles. The van der Waals surface area contributed by atoms with Crippen LogP contribution in [0.3, 0.4) is 0 Å². The van der Waals surface area contributed by atoms with Crippen molar-refractivity contribution in [3.05, 3.63) is 47.1 Å². The number of amides is 1. The lowest BCUT2D eigenvalue weighted by molar-refractivity contribution is -0.118. The molecule has 1 aromatic carbocycles. The Morgan fingerprint density at radius 2 is 2.14 bits per heavy atom. The van der Waals surface area contributed by atoms with E-state index in [0.717, 1.165) is 0 Å². The SMILES string of the molecule is O=C(COc1ccccc1)Nc1ncnc2c1[nH]c(=O)n2[C@H]1C[C@@H](O)C(CO)O1. The first-order valence-corrected chi connectivity index (χ1v) is 8.94. The molecule has 2 aromatic heterocycles. The van der Waals surface area contributed by atoms with E-state index in [0.29, 0.717) is 5.75 Å². The Bertz CT molecular complexity index is 1070. The standard InChI is InChI=1S/C18H19N5O6/c24-7-12-11(25)6-14(29-12)23-17-15(22-18(23)27)16(19-9-20-17)21-13(26)8-28-10-4-2-1-3-5-10/h1-5,9,11-12,14,24-25H,6-8H2,(H,22,27)(H,19,20,21,26)/t11-,12?,14-/m1/s1. The van der Waals surface area contributed by atoms with E-state index in [-0.39, 0.29) is 36.6 Å². The Morgan fingerprint density at radius 1 is 1.34 bits per heavy atom. The summed E-state index contributed by atoms with van der Waals surface area (Å²) in [6.45, 7) is -0.608. The molecule has 0 saturated carbocycles. The number of aliphatic hydroxyl groups is 2. The molecule has 0 bridgehead atoms. The summed E-state index contributed by atoms with van der Waals surface area (Å²) in [5.74, 6) is 0.200. The summed E-state index contributed by atoms with van der Waals surface area (Å²) in [5, 5.41) is 21.8. The minimum absolute atomic E-state index is 0.116. The van der Waals surface area contributed by atoms with Crippen LogP contribution in [0.4, 0.5) is 5.82 Å². The molecule has 1 aliphatic heterocycles. The van der Waals surface area contributed by atoms with Gasteiger partial charge in [0.1, 0.15) is 29.9 Å². The van der Waals surface area contributed by atoms with Crippen molar-refractivity contribution in [3.63, 3.8) is 0 Å². The van der Waals surface area contributed by atoms with Gasteiger partial charge in [-0.2, -0.15) is 0 Å². The maximum Gasteiger partial charge on any atom is 0.329 e. The van der Waals surface area contributed by atoms with E-state index in [1.165, 1.54) is 10.9 Å². The van der Waals surface area contributed by atoms with Gasteiger partial charge in [-0.3, -0.25) is 4.79 Å². The predicted molar refractivity (Wildman–Crippen MR) is 100 cm³/mol. The number of H-pyrrole nitrogens is 1. The molecule has 3 aromatic rings. The van der Waals surface area contributed by atoms with Crippen molar-refractivity contribution in [2.24, 2.45) is 0 Å². The molecule has 0 radical (unpaired) electrons. The van der Waals surface area contributed by atoms with Crippen molar-refractivity contribution < 1.29 is 24.5 Å². The Kier molecular flexibility index (Phi) is 5.25. The first kappa shape index (κ1) is 19.1. The van der Waals surface area contributed by atoms with Gasteiger partial charge in [0.25, 0.3) is 5.91 Å². The van der Waals surface area contributed by atoms with Crippen LogP contribution in [-0.2, 0) is 9.53 Å². The third-order valence-corrected chi connectivity index (χ3v) is 4.55. The number of hydrogen-bond acceptors (Lipinski definition) is 8. The summed E-state index contributed by atoms with van der Waals surface area (Å²) in [7, 11) is 0. The van der Waals surface area contributed by atoms with Gasteiger partial charge in [-0.25, -0.2) is 19.3 Å². The van der Waals surface area contributed by atoms with E-state index in [1.54, 1.807) is 24.3 Å². The largest absolute Gasteiger partial charge is 0.484 e. The van der Waals surface area contributed by atoms with Crippen LogP contribution in [0.1, 0.15) is 12.6 Å². The number of aromatic amines is 1. The zero-order valence-corrected chi connectivity index (χ0v) is 15.2. The lowest BCUT2D eigenvalue weighted by Crippen LogP contribution is -2.25. The smallest absolute Gasteiger partial charge is 0.329 e. The Morgan fingerprint density at radius 3 is 2.86 bits per heavy atom. The summed E-state index contributed by atoms with van der Waals surface area (Å²) in [6.07, 6.45) is -1.17. The highest BCUT2D eigenvalue weighted by atomic mass is 16.5. The number of benzene rings is 1. The van der Waals surface area contributed by atoms with Crippen molar-refractivity contribution in [2.45, 2.75) is 24.9 Å². The monoisotopic (exact) mass is 401 g/mol. The fraction of sp³-hybridized carbons (Fsp3) is 0.333. The molecule has 0 spiro atoms. The van der Waals surface area contributed by atoms with Crippen molar-refractivity contribution >= 4 is 22.9 Å². The molecule has 1 saturated heterocycles. The minimum Gasteiger partial charge on any atom is -0.484 e. The van der Waals surface area contributed by atoms with E-state index in [4.69, 9.17) is 9.47 Å². The highest BCUT2D eigenvalue weighted by Crippen LogP contribution is 2.30. The average Bonchev–Trinajstić information content (AvgIpc) is 3.26. The van der Waals surface area contributed by atoms with Gasteiger partial charge >= 0.3 is 5.69 Å². The van der Waals surface area contributed by atoms with E-state index >= 15 is 0 Å². The molecule has 1 unspecified atom stereocenters. The molecular weight excluding hydrogens is 382 g/mol. The van der Waals surface area contributed by atoms with E-state index in [1.807, 2.05) is 6.07 Å². The number of hydrogen-bond donors (Lipinski definition) is 4. The molecule has 3 heterocycles. The number of imidazole rings is 1. The van der Waals surface area contributed by atoms with Gasteiger partial charge in [0, 0.05) is 6.42 Å². The lowest BCUT2D eigenvalue weighted by atomic mass is 10.2. The van der Waals surface area contributed by atoms with Crippen LogP contribution in [0.5, 0.6) is 5.75 Å². The summed E-state index contributed by atoms with van der Waals surface area (Å²) < 4.78 is 12.2. The molecule has 11 heteroatoms. The van der Waals surface area contributed by atoms with Crippen molar-refractivity contribution in [2.75, 3.05) is 18.5 Å². The molecule has 152 valence electrons. The normalized spacial score (nSPS) is 21.4. The van der Waals surface area contributed by atoms with Crippen molar-refractivity contribution in [1.29, 1.82) is 0 Å². The Balaban J connectivity index is 1.54. The van der Waals surface area contributed by atoms with E-state index in [9.17, 15) is 19.8 Å². The molecule has 1 fully saturated rings. The number of carbonyl (C=O) groups excluding carboxylic acids is 1. The number of nitrogens with zero attached hydrogens (tertiary/aromatic N) is 3. The fourth-order valence-electron chi connectivity index (χ4n) is 3.17. The quantitative estimate of drug-likeness (QED) is 0.442. The van der Waals surface area contributed by atoms with Crippen LogP contribution >= 0.6 is 0 Å². The molecule has 29 heavy (non-hydrogen) atoms. The van der Waals surface area contributed by atoms with Gasteiger partial charge in [0.2, 0.25) is 0 Å². The average molecular weight is 401 g/mol. The lowest BCUT2D eigenvalue weighted by Gasteiger charge is -2.13. The van der Waals surface area contributed by atoms with E-state index < -0.39 is 30.0 Å². The third kappa shape index (κ3) is 3.83. The van der Waals surface area contributed by atoms with Gasteiger partial charge in [0.05, 0.1) is 12.7 Å². The van der Waals surface area contributed by atoms with Crippen LogP contribution in [0.25, 0.3) is 11.2 Å². The third-order valence-electron chi connectivity index (χ3n) is 4.55. The highest BCUT2D eigenvalue weighted by Gasteiger charge is 2.36. The van der Waals surface area contributed by atoms with Gasteiger partial charge in [0.15, 0.2) is 18.1 Å². The van der Waals surface area contributed by atoms with E-state index in [2.05, 4.69) is 20.3 Å². The summed E-state index contributed by atoms with van der Waals surface area (Å²) >= 11 is 0. The summed E-state index contributed by atoms with van der Waals surface area (Å²) in [6, 6.07) is 8.87. The predicted octanol–water partition coefficient (Wildman–Crippen LogP) is -0.222. The molecule has 4 N–H and O–H groups in total. The first-order valence-electron chi connectivity index (χ1n) is 8.94. The zero-order valence-electron chi connectivity index (χ0n) is 15.2. The topological polar surface area (TPSA) is 152 Å². The molecule has 11 nitrogen and oxygen atoms in total. The number of fused-ring (bicyclic) bond motifs is 1. The number of carbonyl (C=O) groups is 1. The van der Waals surface area contributed by atoms with Crippen molar-refractivity contribution in [3.8, 4) is 5.75 Å². The van der Waals surface area contributed by atoms with Crippen LogP contribution in [0.2, 0.25) is 0 Å². The zero-order chi connectivity index (χ0) is 20.4. The number of para-hydroxylation sites is 1. The molecule has 1 aliphatic rings. The van der Waals surface area contributed by atoms with Crippen molar-refractivity contribution in [1.82, 2.24) is 19.5 Å². The van der Waals surface area contributed by atoms with Crippen LogP contribution in [-0.4, -0.2) is 61.1 Å². The first-order chi connectivity index (χ1) is 14.1. The molecule has 1 amide bonds. The number of nitrogens with one attached hydrogen (secondary N) is 2. The van der Waals surface area contributed by atoms with Crippen LogP contribution in [0.15, 0.2) is 41.5 Å². The maximum atomic E-state index is 12.5. The number of rotatable bonds is 6. The number of aliphatic hydroxyl groups excluding tert-OH is 2. The number of anilines is 1. The van der Waals surface area contributed by atoms with Crippen LogP contribution in [0, 0.1) is 0 Å². The number of ether oxygens (including phenoxy) is 2. The molecule has 4 rings (SSSR count). The van der Waals surface area contributed by atoms with Gasteiger partial charge in [-0.05, 0) is 12.1 Å². The Hall–Kier alpha value is -3.28. The Labute approximate surface area is 163 Å². The van der Waals surface area contributed by atoms with Crippen LogP contribution < -0.4 is 15.7 Å². The highest BCUT2D eigenvalue weighted by molar-refractivity contribution is 5.97. The summed E-state index contributed by atoms with van der Waals surface area (Å²) in [4.78, 5) is 35.4. The van der Waals surface area contributed by atoms with Gasteiger partial charge < -0.3 is 30.0 Å². The number of aromatic nitrogens is 4. The maximum absolute atomic E-state index is 12.5. The molecular formula is C18H19N5O6. The second kappa shape index (κ2) is 7.99.